The van der Waals surface area contributed by atoms with E-state index in [0.717, 1.165) is 24.0 Å². The average Bonchev–Trinajstić information content (AvgIpc) is 2.75. The maximum absolute atomic E-state index is 12.0. The lowest BCUT2D eigenvalue weighted by Crippen LogP contribution is -2.27. The molecule has 5 heteroatoms. The van der Waals surface area contributed by atoms with Gasteiger partial charge in [0.2, 0.25) is 0 Å². The third-order valence-corrected chi connectivity index (χ3v) is 3.06. The molecule has 0 spiro atoms. The van der Waals surface area contributed by atoms with Crippen LogP contribution in [0.4, 0.5) is 0 Å². The number of hydrogen-bond acceptors (Lipinski definition) is 3. The highest BCUT2D eigenvalue weighted by molar-refractivity contribution is 5.97. The maximum atomic E-state index is 12.0. The molecule has 0 radical (unpaired) electrons. The summed E-state index contributed by atoms with van der Waals surface area (Å²) in [5.41, 5.74) is 2.56. The molecule has 0 aliphatic heterocycles. The van der Waals surface area contributed by atoms with Crippen molar-refractivity contribution in [2.75, 3.05) is 27.2 Å². The molecular weight excluding hydrogens is 240 g/mol. The Morgan fingerprint density at radius 1 is 1.42 bits per heavy atom. The second kappa shape index (κ2) is 5.84. The van der Waals surface area contributed by atoms with Gasteiger partial charge in [0.25, 0.3) is 5.91 Å². The van der Waals surface area contributed by atoms with Gasteiger partial charge in [-0.2, -0.15) is 0 Å². The minimum Gasteiger partial charge on any atom is -0.352 e. The summed E-state index contributed by atoms with van der Waals surface area (Å²) in [5.74, 6) is -0.0261. The molecule has 2 aromatic rings. The molecule has 0 bridgehead atoms. The number of nitrogens with zero attached hydrogens (tertiary/aromatic N) is 3. The van der Waals surface area contributed by atoms with E-state index in [9.17, 15) is 4.79 Å². The molecule has 0 unspecified atom stereocenters. The molecule has 1 N–H and O–H groups in total. The third kappa shape index (κ3) is 3.32. The summed E-state index contributed by atoms with van der Waals surface area (Å²) in [5, 5.41) is 2.94. The molecule has 0 fully saturated rings. The van der Waals surface area contributed by atoms with Gasteiger partial charge in [-0.15, -0.1) is 0 Å². The van der Waals surface area contributed by atoms with Crippen molar-refractivity contribution >= 4 is 16.9 Å². The van der Waals surface area contributed by atoms with Crippen LogP contribution in [0.5, 0.6) is 0 Å². The molecule has 5 nitrogen and oxygen atoms in total. The van der Waals surface area contributed by atoms with E-state index >= 15 is 0 Å². The fourth-order valence-electron chi connectivity index (χ4n) is 1.97. The Hall–Kier alpha value is -1.88. The minimum absolute atomic E-state index is 0.0261. The largest absolute Gasteiger partial charge is 0.352 e. The van der Waals surface area contributed by atoms with Gasteiger partial charge >= 0.3 is 0 Å². The summed E-state index contributed by atoms with van der Waals surface area (Å²) in [7, 11) is 5.98. The van der Waals surface area contributed by atoms with Crippen molar-refractivity contribution in [3.8, 4) is 0 Å². The first kappa shape index (κ1) is 13.5. The average molecular weight is 260 g/mol. The van der Waals surface area contributed by atoms with Gasteiger partial charge in [0.1, 0.15) is 0 Å². The summed E-state index contributed by atoms with van der Waals surface area (Å²) in [6, 6.07) is 5.57. The molecule has 19 heavy (non-hydrogen) atoms. The summed E-state index contributed by atoms with van der Waals surface area (Å²) < 4.78 is 1.91. The van der Waals surface area contributed by atoms with E-state index in [0.29, 0.717) is 12.1 Å². The van der Waals surface area contributed by atoms with Crippen LogP contribution in [0.3, 0.4) is 0 Å². The number of benzene rings is 1. The monoisotopic (exact) mass is 260 g/mol. The first-order valence-corrected chi connectivity index (χ1v) is 6.42. The van der Waals surface area contributed by atoms with Crippen molar-refractivity contribution in [2.45, 2.75) is 6.42 Å². The Kier molecular flexibility index (Phi) is 4.16. The SMILES string of the molecule is CN(C)CCCNC(=O)c1ccc2ncn(C)c2c1. The Bertz CT molecular complexity index is 574. The Morgan fingerprint density at radius 3 is 2.95 bits per heavy atom. The number of fused-ring (bicyclic) bond motifs is 1. The third-order valence-electron chi connectivity index (χ3n) is 3.06. The molecule has 0 aliphatic rings. The molecule has 0 saturated heterocycles. The van der Waals surface area contributed by atoms with Crippen molar-refractivity contribution in [3.05, 3.63) is 30.1 Å². The van der Waals surface area contributed by atoms with E-state index in [1.54, 1.807) is 6.33 Å². The van der Waals surface area contributed by atoms with Crippen molar-refractivity contribution in [1.29, 1.82) is 0 Å². The normalized spacial score (nSPS) is 11.2. The second-order valence-electron chi connectivity index (χ2n) is 4.97. The fraction of sp³-hybridized carbons (Fsp3) is 0.429. The first-order valence-electron chi connectivity index (χ1n) is 6.42. The Labute approximate surface area is 113 Å². The predicted octanol–water partition coefficient (Wildman–Crippen LogP) is 1.25. The van der Waals surface area contributed by atoms with Crippen LogP contribution < -0.4 is 5.32 Å². The zero-order valence-corrected chi connectivity index (χ0v) is 11.7. The van der Waals surface area contributed by atoms with Crippen molar-refractivity contribution < 1.29 is 4.79 Å². The van der Waals surface area contributed by atoms with E-state index in [1.807, 2.05) is 43.9 Å². The zero-order valence-electron chi connectivity index (χ0n) is 11.7. The van der Waals surface area contributed by atoms with Gasteiger partial charge < -0.3 is 14.8 Å². The molecule has 0 atom stereocenters. The van der Waals surface area contributed by atoms with Crippen LogP contribution in [-0.4, -0.2) is 47.5 Å². The number of imidazole rings is 1. The molecule has 1 heterocycles. The molecule has 1 amide bonds. The summed E-state index contributed by atoms with van der Waals surface area (Å²) >= 11 is 0. The quantitative estimate of drug-likeness (QED) is 0.823. The lowest BCUT2D eigenvalue weighted by atomic mass is 10.2. The van der Waals surface area contributed by atoms with Gasteiger partial charge in [-0.25, -0.2) is 4.98 Å². The van der Waals surface area contributed by atoms with Crippen LogP contribution in [0.15, 0.2) is 24.5 Å². The topological polar surface area (TPSA) is 50.2 Å². The number of aromatic nitrogens is 2. The highest BCUT2D eigenvalue weighted by Gasteiger charge is 2.07. The van der Waals surface area contributed by atoms with Crippen LogP contribution in [0, 0.1) is 0 Å². The first-order chi connectivity index (χ1) is 9.08. The van der Waals surface area contributed by atoms with Crippen LogP contribution in [0.25, 0.3) is 11.0 Å². The van der Waals surface area contributed by atoms with E-state index in [2.05, 4.69) is 15.2 Å². The van der Waals surface area contributed by atoms with Gasteiger partial charge in [0.15, 0.2) is 0 Å². The Morgan fingerprint density at radius 2 is 2.21 bits per heavy atom. The predicted molar refractivity (Wildman–Crippen MR) is 76.2 cm³/mol. The van der Waals surface area contributed by atoms with Gasteiger partial charge in [0.05, 0.1) is 17.4 Å². The van der Waals surface area contributed by atoms with Crippen LogP contribution in [-0.2, 0) is 7.05 Å². The number of amides is 1. The number of carbonyl (C=O) groups excluding carboxylic acids is 1. The number of nitrogens with one attached hydrogen (secondary N) is 1. The molecule has 2 rings (SSSR count). The zero-order chi connectivity index (χ0) is 13.8. The molecule has 1 aromatic heterocycles. The highest BCUT2D eigenvalue weighted by Crippen LogP contribution is 2.13. The van der Waals surface area contributed by atoms with Crippen LogP contribution in [0.1, 0.15) is 16.8 Å². The van der Waals surface area contributed by atoms with Crippen molar-refractivity contribution in [1.82, 2.24) is 19.8 Å². The molecule has 102 valence electrons. The van der Waals surface area contributed by atoms with Gasteiger partial charge in [-0.3, -0.25) is 4.79 Å². The fourth-order valence-corrected chi connectivity index (χ4v) is 1.97. The summed E-state index contributed by atoms with van der Waals surface area (Å²) in [4.78, 5) is 18.4. The van der Waals surface area contributed by atoms with E-state index in [1.165, 1.54) is 0 Å². The highest BCUT2D eigenvalue weighted by atomic mass is 16.1. The van der Waals surface area contributed by atoms with Gasteiger partial charge in [-0.05, 0) is 45.3 Å². The second-order valence-corrected chi connectivity index (χ2v) is 4.97. The molecule has 1 aromatic carbocycles. The van der Waals surface area contributed by atoms with Crippen molar-refractivity contribution in [2.24, 2.45) is 7.05 Å². The van der Waals surface area contributed by atoms with E-state index < -0.39 is 0 Å². The Balaban J connectivity index is 1.99. The standard InChI is InChI=1S/C14H20N4O/c1-17(2)8-4-7-15-14(19)11-5-6-12-13(9-11)18(3)10-16-12/h5-6,9-10H,4,7-8H2,1-3H3,(H,15,19). The number of rotatable bonds is 5. The number of hydrogen-bond donors (Lipinski definition) is 1. The lowest BCUT2D eigenvalue weighted by Gasteiger charge is -2.10. The lowest BCUT2D eigenvalue weighted by molar-refractivity contribution is 0.0952. The molecule has 0 aliphatic carbocycles. The van der Waals surface area contributed by atoms with E-state index in [-0.39, 0.29) is 5.91 Å². The number of carbonyl (C=O) groups is 1. The van der Waals surface area contributed by atoms with E-state index in [4.69, 9.17) is 0 Å². The van der Waals surface area contributed by atoms with Crippen LogP contribution >= 0.6 is 0 Å². The van der Waals surface area contributed by atoms with Crippen LogP contribution in [0.2, 0.25) is 0 Å². The maximum Gasteiger partial charge on any atom is 0.251 e. The summed E-state index contributed by atoms with van der Waals surface area (Å²) in [6.07, 6.45) is 2.70. The minimum atomic E-state index is -0.0261. The molecule has 0 saturated carbocycles. The smallest absolute Gasteiger partial charge is 0.251 e. The number of aryl methyl sites for hydroxylation is 1. The van der Waals surface area contributed by atoms with Crippen molar-refractivity contribution in [3.63, 3.8) is 0 Å². The summed E-state index contributed by atoms with van der Waals surface area (Å²) in [6.45, 7) is 1.67. The van der Waals surface area contributed by atoms with Gasteiger partial charge in [-0.1, -0.05) is 0 Å². The van der Waals surface area contributed by atoms with Gasteiger partial charge in [0, 0.05) is 19.2 Å². The molecular formula is C14H20N4O.